The van der Waals surface area contributed by atoms with E-state index in [0.717, 1.165) is 48.8 Å². The van der Waals surface area contributed by atoms with Crippen LogP contribution in [0.25, 0.3) is 22.7 Å². The van der Waals surface area contributed by atoms with Crippen molar-refractivity contribution >= 4 is 46.1 Å². The van der Waals surface area contributed by atoms with E-state index in [9.17, 15) is 9.59 Å². The molecule has 12 nitrogen and oxygen atoms in total. The third kappa shape index (κ3) is 6.51. The molecular weight excluding hydrogens is 637 g/mol. The van der Waals surface area contributed by atoms with Gasteiger partial charge in [0.25, 0.3) is 5.91 Å². The van der Waals surface area contributed by atoms with Crippen molar-refractivity contribution in [2.24, 2.45) is 5.92 Å². The van der Waals surface area contributed by atoms with Gasteiger partial charge >= 0.3 is 0 Å². The monoisotopic (exact) mass is 669 g/mol. The van der Waals surface area contributed by atoms with E-state index in [2.05, 4.69) is 36.4 Å². The van der Waals surface area contributed by atoms with Gasteiger partial charge in [-0.3, -0.25) is 14.7 Å². The number of fused-ring (bicyclic) bond motifs is 2. The summed E-state index contributed by atoms with van der Waals surface area (Å²) < 4.78 is 22.9. The molecule has 1 unspecified atom stereocenters. The number of halogens is 2. The lowest BCUT2D eigenvalue weighted by Gasteiger charge is -2.36. The number of piperidine rings is 1. The Morgan fingerprint density at radius 3 is 2.85 bits per heavy atom. The topological polar surface area (TPSA) is 143 Å². The van der Waals surface area contributed by atoms with Crippen LogP contribution in [-0.2, 0) is 16.0 Å². The van der Waals surface area contributed by atoms with Crippen molar-refractivity contribution in [3.05, 3.63) is 94.7 Å². The van der Waals surface area contributed by atoms with Gasteiger partial charge in [-0.1, -0.05) is 23.7 Å². The molecule has 0 radical (unpaired) electrons. The summed E-state index contributed by atoms with van der Waals surface area (Å²) in [4.78, 5) is 29.5. The van der Waals surface area contributed by atoms with E-state index in [1.165, 1.54) is 34.1 Å². The number of tetrazole rings is 1. The molecule has 0 bridgehead atoms. The summed E-state index contributed by atoms with van der Waals surface area (Å²) >= 11 is 6.09. The van der Waals surface area contributed by atoms with Crippen LogP contribution >= 0.6 is 11.6 Å². The van der Waals surface area contributed by atoms with Gasteiger partial charge < -0.3 is 20.3 Å². The second-order valence-electron chi connectivity index (χ2n) is 11.9. The third-order valence-electron chi connectivity index (χ3n) is 8.96. The molecule has 0 aliphatic carbocycles. The SMILES string of the molecule is O=C(Nc1ccc2cn[nH]c2c1)C1c2cccc(OCCC3CCNCC3)c2CCN1C(=O)/C=C/c1c(-n2cnnn2)ccc(Cl)c1F. The predicted molar refractivity (Wildman–Crippen MR) is 178 cm³/mol. The van der Waals surface area contributed by atoms with Crippen LogP contribution in [0.4, 0.5) is 10.1 Å². The molecule has 2 amide bonds. The molecule has 1 fully saturated rings. The molecular formula is C34H33ClFN9O3. The zero-order valence-corrected chi connectivity index (χ0v) is 26.7. The first kappa shape index (κ1) is 31.5. The number of benzene rings is 3. The van der Waals surface area contributed by atoms with E-state index in [-0.39, 0.29) is 17.1 Å². The predicted octanol–water partition coefficient (Wildman–Crippen LogP) is 4.88. The molecule has 48 heavy (non-hydrogen) atoms. The molecule has 2 aliphatic rings. The first-order valence-corrected chi connectivity index (χ1v) is 16.2. The van der Waals surface area contributed by atoms with Crippen LogP contribution in [0.15, 0.2) is 67.1 Å². The minimum Gasteiger partial charge on any atom is -0.493 e. The van der Waals surface area contributed by atoms with Crippen LogP contribution in [0.2, 0.25) is 5.02 Å². The fourth-order valence-electron chi connectivity index (χ4n) is 6.46. The van der Waals surface area contributed by atoms with Crippen LogP contribution in [0.3, 0.4) is 0 Å². The fraction of sp³-hybridized carbons (Fsp3) is 0.294. The number of nitrogens with one attached hydrogen (secondary N) is 3. The Bertz CT molecular complexity index is 1970. The fourth-order valence-corrected chi connectivity index (χ4v) is 6.62. The maximum Gasteiger partial charge on any atom is 0.251 e. The van der Waals surface area contributed by atoms with Crippen molar-refractivity contribution in [2.45, 2.75) is 31.7 Å². The number of aromatic nitrogens is 6. The second kappa shape index (κ2) is 13.9. The minimum absolute atomic E-state index is 0.0267. The van der Waals surface area contributed by atoms with Crippen LogP contribution in [0.1, 0.15) is 42.0 Å². The summed E-state index contributed by atoms with van der Waals surface area (Å²) in [5, 5.41) is 25.2. The highest BCUT2D eigenvalue weighted by Crippen LogP contribution is 2.37. The summed E-state index contributed by atoms with van der Waals surface area (Å²) in [6, 6.07) is 13.0. The molecule has 0 spiro atoms. The van der Waals surface area contributed by atoms with Gasteiger partial charge in [0.2, 0.25) is 5.91 Å². The van der Waals surface area contributed by atoms with Gasteiger partial charge in [-0.25, -0.2) is 4.39 Å². The van der Waals surface area contributed by atoms with Crippen LogP contribution in [0.5, 0.6) is 5.75 Å². The lowest BCUT2D eigenvalue weighted by atomic mass is 9.90. The van der Waals surface area contributed by atoms with Gasteiger partial charge in [-0.2, -0.15) is 9.78 Å². The average molecular weight is 670 g/mol. The highest BCUT2D eigenvalue weighted by atomic mass is 35.5. The number of H-pyrrole nitrogens is 1. The van der Waals surface area contributed by atoms with Crippen molar-refractivity contribution in [1.29, 1.82) is 0 Å². The van der Waals surface area contributed by atoms with E-state index in [1.807, 2.05) is 24.3 Å². The van der Waals surface area contributed by atoms with Crippen molar-refractivity contribution in [2.75, 3.05) is 31.6 Å². The lowest BCUT2D eigenvalue weighted by molar-refractivity contribution is -0.135. The first-order chi connectivity index (χ1) is 23.5. The Hall–Kier alpha value is -5.14. The van der Waals surface area contributed by atoms with Crippen LogP contribution in [-0.4, -0.2) is 73.4 Å². The quantitative estimate of drug-likeness (QED) is 0.189. The maximum atomic E-state index is 15.3. The van der Waals surface area contributed by atoms with Crippen LogP contribution in [0, 0.1) is 11.7 Å². The number of nitrogens with zero attached hydrogens (tertiary/aromatic N) is 6. The summed E-state index contributed by atoms with van der Waals surface area (Å²) in [6.07, 6.45) is 9.27. The second-order valence-corrected chi connectivity index (χ2v) is 12.3. The largest absolute Gasteiger partial charge is 0.493 e. The molecule has 3 aromatic carbocycles. The molecule has 7 rings (SSSR count). The highest BCUT2D eigenvalue weighted by molar-refractivity contribution is 6.31. The molecule has 0 saturated carbocycles. The van der Waals surface area contributed by atoms with Gasteiger partial charge in [0, 0.05) is 34.8 Å². The van der Waals surface area contributed by atoms with Crippen LogP contribution < -0.4 is 15.4 Å². The van der Waals surface area contributed by atoms with Crippen molar-refractivity contribution in [1.82, 2.24) is 40.6 Å². The molecule has 1 atom stereocenters. The van der Waals surface area contributed by atoms with Crippen molar-refractivity contribution in [3.8, 4) is 11.4 Å². The van der Waals surface area contributed by atoms with Gasteiger partial charge in [0.15, 0.2) is 5.82 Å². The third-order valence-corrected chi connectivity index (χ3v) is 9.25. The molecule has 2 aliphatic heterocycles. The number of aromatic amines is 1. The molecule has 14 heteroatoms. The normalized spacial score (nSPS) is 16.7. The zero-order valence-electron chi connectivity index (χ0n) is 25.9. The minimum atomic E-state index is -0.987. The Labute approximate surface area is 280 Å². The molecule has 1 saturated heterocycles. The summed E-state index contributed by atoms with van der Waals surface area (Å²) in [6.45, 7) is 2.86. The smallest absolute Gasteiger partial charge is 0.251 e. The summed E-state index contributed by atoms with van der Waals surface area (Å²) in [7, 11) is 0. The summed E-state index contributed by atoms with van der Waals surface area (Å²) in [5.74, 6) is -0.279. The molecule has 246 valence electrons. The Morgan fingerprint density at radius 2 is 2.02 bits per heavy atom. The number of hydrogen-bond acceptors (Lipinski definition) is 8. The Morgan fingerprint density at radius 1 is 1.15 bits per heavy atom. The van der Waals surface area contributed by atoms with Crippen molar-refractivity contribution in [3.63, 3.8) is 0 Å². The summed E-state index contributed by atoms with van der Waals surface area (Å²) in [5.41, 5.74) is 3.20. The van der Waals surface area contributed by atoms with E-state index in [0.29, 0.717) is 41.6 Å². The van der Waals surface area contributed by atoms with Gasteiger partial charge in [0.05, 0.1) is 29.0 Å². The lowest BCUT2D eigenvalue weighted by Crippen LogP contribution is -2.44. The molecule has 4 heterocycles. The van der Waals surface area contributed by atoms with E-state index in [4.69, 9.17) is 16.3 Å². The van der Waals surface area contributed by atoms with E-state index < -0.39 is 23.7 Å². The standard InChI is InChI=1S/C34H33ClFN9O3/c35-27-7-8-29(45-20-39-42-43-45)26(32(27)36)6-9-31(46)44-16-12-24-25(2-1-3-30(24)48-17-13-21-10-14-37-15-11-21)33(44)34(47)40-23-5-4-22-19-38-41-28(22)18-23/h1-9,18-21,33,37H,10-17H2,(H,38,41)(H,40,47)/b9-6+. The molecule has 5 aromatic rings. The average Bonchev–Trinajstić information content (AvgIpc) is 3.81. The molecule has 3 N–H and O–H groups in total. The number of anilines is 1. The number of hydrogen-bond donors (Lipinski definition) is 3. The Kier molecular flexibility index (Phi) is 9.12. The maximum absolute atomic E-state index is 15.3. The number of amides is 2. The number of carbonyl (C=O) groups excluding carboxylic acids is 2. The van der Waals surface area contributed by atoms with Gasteiger partial charge in [0.1, 0.15) is 18.1 Å². The molecule has 2 aromatic heterocycles. The Balaban J connectivity index is 1.19. The number of rotatable bonds is 9. The van der Waals surface area contributed by atoms with E-state index >= 15 is 4.39 Å². The number of ether oxygens (including phenoxy) is 1. The number of carbonyl (C=O) groups is 2. The van der Waals surface area contributed by atoms with Gasteiger partial charge in [-0.15, -0.1) is 5.10 Å². The van der Waals surface area contributed by atoms with Gasteiger partial charge in [-0.05, 0) is 103 Å². The first-order valence-electron chi connectivity index (χ1n) is 15.9. The van der Waals surface area contributed by atoms with Crippen molar-refractivity contribution < 1.29 is 18.7 Å². The van der Waals surface area contributed by atoms with E-state index in [1.54, 1.807) is 24.4 Å². The zero-order chi connectivity index (χ0) is 33.0. The highest BCUT2D eigenvalue weighted by Gasteiger charge is 2.37.